The molecule has 2 aromatic rings. The van der Waals surface area contributed by atoms with Gasteiger partial charge in [-0.1, -0.05) is 48.9 Å². The molecule has 2 unspecified atom stereocenters. The number of hydrogen-bond acceptors (Lipinski definition) is 5. The van der Waals surface area contributed by atoms with Crippen LogP contribution in [-0.2, 0) is 26.0 Å². The first kappa shape index (κ1) is 27.5. The van der Waals surface area contributed by atoms with Gasteiger partial charge in [0.2, 0.25) is 11.8 Å². The number of carbonyl (C=O) groups is 2. The Balaban J connectivity index is 1.07. The normalized spacial score (nSPS) is 25.5. The van der Waals surface area contributed by atoms with E-state index in [-0.39, 0.29) is 17.2 Å². The molecule has 7 nitrogen and oxygen atoms in total. The smallest absolute Gasteiger partial charge is 0.229 e. The number of benzene rings is 2. The number of likely N-dealkylation sites (tertiary alicyclic amines) is 3. The molecule has 3 aliphatic heterocycles. The maximum Gasteiger partial charge on any atom is 0.229 e. The van der Waals surface area contributed by atoms with E-state index in [0.29, 0.717) is 29.2 Å². The first-order chi connectivity index (χ1) is 19.2. The van der Waals surface area contributed by atoms with Crippen LogP contribution >= 0.6 is 0 Å². The third-order valence-corrected chi connectivity index (χ3v) is 11.2. The fourth-order valence-electron chi connectivity index (χ4n) is 7.29. The monoisotopic (exact) mass is 563 g/mol. The Morgan fingerprint density at radius 2 is 1.60 bits per heavy atom. The summed E-state index contributed by atoms with van der Waals surface area (Å²) in [6.45, 7) is 5.73. The molecule has 2 amide bonds. The second-order valence-corrected chi connectivity index (χ2v) is 14.6. The van der Waals surface area contributed by atoms with Gasteiger partial charge in [-0.15, -0.1) is 0 Å². The van der Waals surface area contributed by atoms with Gasteiger partial charge in [-0.2, -0.15) is 0 Å². The van der Waals surface area contributed by atoms with Gasteiger partial charge in [0.15, 0.2) is 9.84 Å². The number of carbonyl (C=O) groups excluding carboxylic acids is 2. The highest BCUT2D eigenvalue weighted by molar-refractivity contribution is 7.90. The molecule has 1 saturated carbocycles. The summed E-state index contributed by atoms with van der Waals surface area (Å²) in [6, 6.07) is 17.6. The van der Waals surface area contributed by atoms with Gasteiger partial charge in [0.1, 0.15) is 0 Å². The third kappa shape index (κ3) is 5.45. The zero-order valence-corrected chi connectivity index (χ0v) is 24.3. The maximum absolute atomic E-state index is 13.6. The number of rotatable bonds is 7. The van der Waals surface area contributed by atoms with E-state index in [9.17, 15) is 18.0 Å². The maximum atomic E-state index is 13.6. The van der Waals surface area contributed by atoms with E-state index in [0.717, 1.165) is 76.9 Å². The lowest BCUT2D eigenvalue weighted by atomic mass is 9.76. The number of hydrogen-bond donors (Lipinski definition) is 0. The van der Waals surface area contributed by atoms with Gasteiger partial charge >= 0.3 is 0 Å². The molecule has 214 valence electrons. The van der Waals surface area contributed by atoms with Crippen LogP contribution in [0.1, 0.15) is 55.6 Å². The fourth-order valence-corrected chi connectivity index (χ4v) is 7.92. The van der Waals surface area contributed by atoms with E-state index < -0.39 is 9.84 Å². The Hall–Kier alpha value is -2.71. The van der Waals surface area contributed by atoms with E-state index in [2.05, 4.69) is 40.1 Å². The Kier molecular flexibility index (Phi) is 7.51. The van der Waals surface area contributed by atoms with Crippen molar-refractivity contribution in [3.05, 3.63) is 65.7 Å². The van der Waals surface area contributed by atoms with Gasteiger partial charge in [-0.05, 0) is 74.4 Å². The molecule has 0 aromatic heterocycles. The second kappa shape index (κ2) is 10.9. The highest BCUT2D eigenvalue weighted by Gasteiger charge is 2.48. The largest absolute Gasteiger partial charge is 0.341 e. The molecule has 1 spiro atoms. The van der Waals surface area contributed by atoms with Crippen molar-refractivity contribution in [3.63, 3.8) is 0 Å². The molecule has 8 heteroatoms. The highest BCUT2D eigenvalue weighted by Crippen LogP contribution is 2.43. The second-order valence-electron chi connectivity index (χ2n) is 12.6. The third-order valence-electron chi connectivity index (χ3n) is 10.1. The van der Waals surface area contributed by atoms with Crippen LogP contribution < -0.4 is 0 Å². The van der Waals surface area contributed by atoms with E-state index in [1.165, 1.54) is 18.2 Å². The molecule has 3 saturated heterocycles. The van der Waals surface area contributed by atoms with Crippen molar-refractivity contribution < 1.29 is 18.0 Å². The summed E-state index contributed by atoms with van der Waals surface area (Å²) in [5, 5.41) is 0. The Morgan fingerprint density at radius 3 is 2.23 bits per heavy atom. The minimum Gasteiger partial charge on any atom is -0.341 e. The molecule has 6 rings (SSSR count). The summed E-state index contributed by atoms with van der Waals surface area (Å²) in [5.74, 6) is 1.61. The van der Waals surface area contributed by atoms with Crippen LogP contribution in [0, 0.1) is 17.3 Å². The fraction of sp³-hybridized carbons (Fsp3) is 0.562. The molecule has 0 radical (unpaired) electrons. The minimum absolute atomic E-state index is 0.235. The molecule has 0 N–H and O–H groups in total. The lowest BCUT2D eigenvalue weighted by Gasteiger charge is -2.39. The van der Waals surface area contributed by atoms with Crippen molar-refractivity contribution in [2.24, 2.45) is 17.3 Å². The Morgan fingerprint density at radius 1 is 0.925 bits per heavy atom. The van der Waals surface area contributed by atoms with Crippen LogP contribution in [0.5, 0.6) is 0 Å². The summed E-state index contributed by atoms with van der Waals surface area (Å²) in [5.41, 5.74) is 2.02. The van der Waals surface area contributed by atoms with Gasteiger partial charge < -0.3 is 14.7 Å². The van der Waals surface area contributed by atoms with Crippen molar-refractivity contribution in [2.75, 3.05) is 45.5 Å². The minimum atomic E-state index is -3.23. The van der Waals surface area contributed by atoms with Crippen LogP contribution in [0.25, 0.3) is 0 Å². The topological polar surface area (TPSA) is 78.0 Å². The predicted octanol–water partition coefficient (Wildman–Crippen LogP) is 3.95. The van der Waals surface area contributed by atoms with E-state index in [1.54, 1.807) is 12.1 Å². The molecule has 2 atom stereocenters. The zero-order chi connectivity index (χ0) is 27.9. The van der Waals surface area contributed by atoms with Crippen molar-refractivity contribution in [1.82, 2.24) is 14.7 Å². The standard InChI is InChI=1S/C32H41N3O4S/c1-40(38,39)28-12-10-24(11-13-28)20-34-19-16-32(31(34)37)14-17-33(18-15-32)21-27-22-35(30(36)26-8-5-9-26)23-29(27)25-6-3-2-4-7-25/h2-4,6-7,10-13,26-27,29H,5,8-9,14-23H2,1H3. The molecule has 40 heavy (non-hydrogen) atoms. The van der Waals surface area contributed by atoms with Crippen LogP contribution in [0.2, 0.25) is 0 Å². The average molecular weight is 564 g/mol. The molecule has 4 aliphatic rings. The number of nitrogens with zero attached hydrogens (tertiary/aromatic N) is 3. The molecule has 0 bridgehead atoms. The van der Waals surface area contributed by atoms with Gasteiger partial charge in [0.05, 0.1) is 10.3 Å². The van der Waals surface area contributed by atoms with Gasteiger partial charge in [-0.3, -0.25) is 9.59 Å². The van der Waals surface area contributed by atoms with E-state index >= 15 is 0 Å². The lowest BCUT2D eigenvalue weighted by molar-refractivity contribution is -0.139. The van der Waals surface area contributed by atoms with Crippen molar-refractivity contribution in [1.29, 1.82) is 0 Å². The number of piperidine rings is 1. The molecule has 2 aromatic carbocycles. The quantitative estimate of drug-likeness (QED) is 0.510. The van der Waals surface area contributed by atoms with Gasteiger partial charge in [-0.25, -0.2) is 8.42 Å². The summed E-state index contributed by atoms with van der Waals surface area (Å²) in [4.78, 5) is 33.6. The number of amides is 2. The van der Waals surface area contributed by atoms with Crippen LogP contribution in [-0.4, -0.2) is 80.5 Å². The van der Waals surface area contributed by atoms with Crippen LogP contribution in [0.3, 0.4) is 0 Å². The molecule has 4 fully saturated rings. The lowest BCUT2D eigenvalue weighted by Crippen LogP contribution is -2.46. The Labute approximate surface area is 238 Å². The summed E-state index contributed by atoms with van der Waals surface area (Å²) >= 11 is 0. The summed E-state index contributed by atoms with van der Waals surface area (Å²) < 4.78 is 23.5. The highest BCUT2D eigenvalue weighted by atomic mass is 32.2. The SMILES string of the molecule is CS(=O)(=O)c1ccc(CN2CCC3(CCN(CC4CN(C(=O)C5CCC5)CC4c4ccccc4)CC3)C2=O)cc1. The van der Waals surface area contributed by atoms with Crippen LogP contribution in [0.4, 0.5) is 0 Å². The first-order valence-electron chi connectivity index (χ1n) is 14.9. The molecular weight excluding hydrogens is 522 g/mol. The molecule has 3 heterocycles. The van der Waals surface area contributed by atoms with Crippen LogP contribution in [0.15, 0.2) is 59.5 Å². The first-order valence-corrected chi connectivity index (χ1v) is 16.8. The zero-order valence-electron chi connectivity index (χ0n) is 23.5. The van der Waals surface area contributed by atoms with E-state index in [1.807, 2.05) is 17.0 Å². The van der Waals surface area contributed by atoms with E-state index in [4.69, 9.17) is 0 Å². The average Bonchev–Trinajstić information content (AvgIpc) is 3.47. The van der Waals surface area contributed by atoms with Crippen molar-refractivity contribution in [2.45, 2.75) is 55.9 Å². The number of sulfone groups is 1. The Bertz CT molecular complexity index is 1330. The summed E-state index contributed by atoms with van der Waals surface area (Å²) in [6.07, 6.45) is 7.12. The summed E-state index contributed by atoms with van der Waals surface area (Å²) in [7, 11) is -3.23. The molecule has 1 aliphatic carbocycles. The van der Waals surface area contributed by atoms with Gasteiger partial charge in [0, 0.05) is 50.8 Å². The van der Waals surface area contributed by atoms with Crippen molar-refractivity contribution >= 4 is 21.7 Å². The van der Waals surface area contributed by atoms with Gasteiger partial charge in [0.25, 0.3) is 0 Å². The molecular formula is C32H41N3O4S. The van der Waals surface area contributed by atoms with Crippen molar-refractivity contribution in [3.8, 4) is 0 Å². The predicted molar refractivity (Wildman–Crippen MR) is 154 cm³/mol.